The van der Waals surface area contributed by atoms with Crippen molar-refractivity contribution < 1.29 is 0 Å². The highest BCUT2D eigenvalue weighted by Crippen LogP contribution is 2.49. The maximum atomic E-state index is 2.57. The first-order valence-electron chi connectivity index (χ1n) is 25.3. The molecule has 2 nitrogen and oxygen atoms in total. The molecule has 0 saturated heterocycles. The van der Waals surface area contributed by atoms with Crippen LogP contribution in [0.3, 0.4) is 0 Å². The molecule has 0 N–H and O–H groups in total. The zero-order valence-electron chi connectivity index (χ0n) is 43.2. The van der Waals surface area contributed by atoms with Crippen molar-refractivity contribution in [2.24, 2.45) is 0 Å². The van der Waals surface area contributed by atoms with Gasteiger partial charge in [-0.05, 0) is 131 Å². The zero-order chi connectivity index (χ0) is 49.1. The molecule has 10 aromatic carbocycles. The van der Waals surface area contributed by atoms with Crippen molar-refractivity contribution >= 4 is 71.2 Å². The Kier molecular flexibility index (Phi) is 10.5. The van der Waals surface area contributed by atoms with Crippen LogP contribution in [0.25, 0.3) is 82.1 Å². The van der Waals surface area contributed by atoms with Crippen LogP contribution < -0.4 is 4.90 Å². The van der Waals surface area contributed by atoms with Crippen LogP contribution >= 0.6 is 0 Å². The third-order valence-electron chi connectivity index (χ3n) is 14.9. The Labute approximate surface area is 415 Å². The van der Waals surface area contributed by atoms with Gasteiger partial charge >= 0.3 is 0 Å². The van der Waals surface area contributed by atoms with Gasteiger partial charge in [0.1, 0.15) is 0 Å². The molecule has 0 aliphatic carbocycles. The minimum absolute atomic E-state index is 0.0154. The average molecular weight is 911 g/mol. The lowest BCUT2D eigenvalue weighted by molar-refractivity contribution is 0.568. The van der Waals surface area contributed by atoms with E-state index >= 15 is 0 Å². The van der Waals surface area contributed by atoms with Gasteiger partial charge in [-0.15, -0.1) is 0 Å². The second-order valence-corrected chi connectivity index (χ2v) is 24.0. The van der Waals surface area contributed by atoms with E-state index in [1.165, 1.54) is 104 Å². The molecule has 0 radical (unpaired) electrons. The monoisotopic (exact) mass is 911 g/mol. The highest BCUT2D eigenvalue weighted by molar-refractivity contribution is 6.27. The molecule has 0 saturated carbocycles. The Balaban J connectivity index is 1.18. The molecule has 1 aromatic heterocycles. The van der Waals surface area contributed by atoms with Gasteiger partial charge in [0, 0.05) is 32.8 Å². The fourth-order valence-electron chi connectivity index (χ4n) is 10.8. The minimum Gasteiger partial charge on any atom is -0.309 e. The first-order valence-corrected chi connectivity index (χ1v) is 25.3. The highest BCUT2D eigenvalue weighted by atomic mass is 15.1. The van der Waals surface area contributed by atoms with Gasteiger partial charge in [-0.2, -0.15) is 0 Å². The SMILES string of the molecule is CC(C)(C)c1cc(-c2cccc(-c3ccccc3N(c3cc(C(C)(C)C)cc(C(C)(C)C)c3)c3ccc4ccc5c(-n6c7ccccc7c7ccccc76)ccc6ccc3c4c65)c2)cc(C(C)(C)C)c1. The van der Waals surface area contributed by atoms with Crippen molar-refractivity contribution in [1.29, 1.82) is 0 Å². The Morgan fingerprint density at radius 2 is 0.800 bits per heavy atom. The Morgan fingerprint density at radius 1 is 0.329 bits per heavy atom. The van der Waals surface area contributed by atoms with Crippen LogP contribution in [0.1, 0.15) is 105 Å². The van der Waals surface area contributed by atoms with Crippen LogP contribution in [0.5, 0.6) is 0 Å². The maximum absolute atomic E-state index is 2.57. The van der Waals surface area contributed by atoms with Crippen LogP contribution in [0.15, 0.2) is 182 Å². The second-order valence-electron chi connectivity index (χ2n) is 24.0. The van der Waals surface area contributed by atoms with E-state index in [2.05, 4.69) is 275 Å². The van der Waals surface area contributed by atoms with E-state index < -0.39 is 0 Å². The molecule has 0 amide bonds. The molecule has 11 aromatic rings. The van der Waals surface area contributed by atoms with Crippen LogP contribution in [0.4, 0.5) is 17.1 Å². The number of hydrogen-bond acceptors (Lipinski definition) is 1. The molecule has 11 rings (SSSR count). The molecule has 348 valence electrons. The minimum atomic E-state index is -0.0745. The van der Waals surface area contributed by atoms with Crippen molar-refractivity contribution in [3.05, 3.63) is 204 Å². The summed E-state index contributed by atoms with van der Waals surface area (Å²) in [6.45, 7) is 28.0. The number of aromatic nitrogens is 1. The molecule has 1 heterocycles. The number of hydrogen-bond donors (Lipinski definition) is 0. The third-order valence-corrected chi connectivity index (χ3v) is 14.9. The second kappa shape index (κ2) is 16.2. The lowest BCUT2D eigenvalue weighted by Crippen LogP contribution is -2.19. The average Bonchev–Trinajstić information content (AvgIpc) is 3.66. The molecular formula is C68H66N2. The molecule has 2 heteroatoms. The predicted octanol–water partition coefficient (Wildman–Crippen LogP) is 19.7. The lowest BCUT2D eigenvalue weighted by Gasteiger charge is -2.33. The van der Waals surface area contributed by atoms with Gasteiger partial charge < -0.3 is 9.47 Å². The fourth-order valence-corrected chi connectivity index (χ4v) is 10.8. The van der Waals surface area contributed by atoms with Gasteiger partial charge in [-0.3, -0.25) is 0 Å². The largest absolute Gasteiger partial charge is 0.309 e. The molecule has 0 bridgehead atoms. The van der Waals surface area contributed by atoms with E-state index in [4.69, 9.17) is 0 Å². The van der Waals surface area contributed by atoms with Gasteiger partial charge in [-0.1, -0.05) is 217 Å². The summed E-state index contributed by atoms with van der Waals surface area (Å²) in [7, 11) is 0. The molecule has 0 unspecified atom stereocenters. The highest BCUT2D eigenvalue weighted by Gasteiger charge is 2.28. The van der Waals surface area contributed by atoms with E-state index in [1.54, 1.807) is 0 Å². The van der Waals surface area contributed by atoms with E-state index in [9.17, 15) is 0 Å². The van der Waals surface area contributed by atoms with E-state index in [-0.39, 0.29) is 21.7 Å². The number of fused-ring (bicyclic) bond motifs is 3. The lowest BCUT2D eigenvalue weighted by atomic mass is 9.79. The molecule has 0 aliphatic rings. The predicted molar refractivity (Wildman–Crippen MR) is 305 cm³/mol. The molecule has 0 atom stereocenters. The Hall–Kier alpha value is -7.16. The number of rotatable bonds is 6. The van der Waals surface area contributed by atoms with Gasteiger partial charge in [0.15, 0.2) is 0 Å². The number of anilines is 3. The van der Waals surface area contributed by atoms with Crippen molar-refractivity contribution in [3.63, 3.8) is 0 Å². The first kappa shape index (κ1) is 45.3. The molecular weight excluding hydrogens is 845 g/mol. The van der Waals surface area contributed by atoms with Crippen molar-refractivity contribution in [1.82, 2.24) is 4.57 Å². The Morgan fingerprint density at radius 3 is 1.39 bits per heavy atom. The van der Waals surface area contributed by atoms with Crippen LogP contribution in [-0.2, 0) is 21.7 Å². The topological polar surface area (TPSA) is 8.17 Å². The number of benzene rings is 10. The van der Waals surface area contributed by atoms with Gasteiger partial charge in [0.25, 0.3) is 0 Å². The van der Waals surface area contributed by atoms with Crippen LogP contribution in [0, 0.1) is 0 Å². The van der Waals surface area contributed by atoms with Crippen molar-refractivity contribution in [2.75, 3.05) is 4.90 Å². The fraction of sp³-hybridized carbons (Fsp3) is 0.235. The normalized spacial score (nSPS) is 12.9. The van der Waals surface area contributed by atoms with E-state index in [0.29, 0.717) is 0 Å². The van der Waals surface area contributed by atoms with Crippen LogP contribution in [0.2, 0.25) is 0 Å². The van der Waals surface area contributed by atoms with Crippen LogP contribution in [-0.4, -0.2) is 4.57 Å². The summed E-state index contributed by atoms with van der Waals surface area (Å²) >= 11 is 0. The zero-order valence-corrected chi connectivity index (χ0v) is 43.2. The first-order chi connectivity index (χ1) is 33.2. The summed E-state index contributed by atoms with van der Waals surface area (Å²) in [6.07, 6.45) is 0. The smallest absolute Gasteiger partial charge is 0.0541 e. The molecule has 0 spiro atoms. The standard InChI is InChI=1S/C68H66N2/c1-65(2,3)48-37-47(38-49(39-48)66(4,5)6)45-20-19-21-46(36-45)53-22-13-16-25-58(53)69(52-41-50(67(7,8)9)40-51(42-52)68(10,11)12)61-34-30-43-29-33-57-62(35-31-44-28-32-56(61)63(43)64(44)57)70-59-26-17-14-23-54(59)55-24-15-18-27-60(55)70/h13-42H,1-12H3. The van der Waals surface area contributed by atoms with Crippen molar-refractivity contribution in [2.45, 2.75) is 105 Å². The summed E-state index contributed by atoms with van der Waals surface area (Å²) in [5.74, 6) is 0. The van der Waals surface area contributed by atoms with Crippen molar-refractivity contribution in [3.8, 4) is 27.9 Å². The molecule has 70 heavy (non-hydrogen) atoms. The van der Waals surface area contributed by atoms with E-state index in [1.807, 2.05) is 0 Å². The summed E-state index contributed by atoms with van der Waals surface area (Å²) in [5, 5.41) is 10.1. The molecule has 0 aliphatic heterocycles. The summed E-state index contributed by atoms with van der Waals surface area (Å²) < 4.78 is 2.48. The number of nitrogens with zero attached hydrogens (tertiary/aromatic N) is 2. The summed E-state index contributed by atoms with van der Waals surface area (Å²) in [4.78, 5) is 2.57. The summed E-state index contributed by atoms with van der Waals surface area (Å²) in [5.41, 5.74) is 17.2. The van der Waals surface area contributed by atoms with E-state index in [0.717, 1.165) is 17.1 Å². The van der Waals surface area contributed by atoms with Gasteiger partial charge in [0.2, 0.25) is 0 Å². The quantitative estimate of drug-likeness (QED) is 0.151. The third kappa shape index (κ3) is 7.73. The number of para-hydroxylation sites is 3. The maximum Gasteiger partial charge on any atom is 0.0541 e. The Bertz CT molecular complexity index is 3690. The van der Waals surface area contributed by atoms with Gasteiger partial charge in [-0.25, -0.2) is 0 Å². The molecule has 0 fully saturated rings. The van der Waals surface area contributed by atoms with Gasteiger partial charge in [0.05, 0.1) is 28.1 Å². The summed E-state index contributed by atoms with van der Waals surface area (Å²) in [6, 6.07) is 69.4.